The molecule has 1 aliphatic rings. The predicted octanol–water partition coefficient (Wildman–Crippen LogP) is 2.37. The first-order valence-corrected chi connectivity index (χ1v) is 5.26. The molecule has 0 fully saturated rings. The van der Waals surface area contributed by atoms with Crippen molar-refractivity contribution < 1.29 is 4.79 Å². The number of fused-ring (bicyclic) bond motifs is 1. The van der Waals surface area contributed by atoms with E-state index in [-0.39, 0.29) is 11.8 Å². The Bertz CT molecular complexity index is 375. The highest BCUT2D eigenvalue weighted by Gasteiger charge is 2.31. The molecule has 1 aromatic carbocycles. The van der Waals surface area contributed by atoms with Gasteiger partial charge >= 0.3 is 0 Å². The van der Waals surface area contributed by atoms with Crippen LogP contribution in [0.25, 0.3) is 0 Å². The van der Waals surface area contributed by atoms with Crippen molar-refractivity contribution in [1.29, 1.82) is 0 Å². The van der Waals surface area contributed by atoms with E-state index in [1.807, 2.05) is 26.1 Å². The second kappa shape index (κ2) is 2.97. The third-order valence-corrected chi connectivity index (χ3v) is 3.19. The fraction of sp³-hybridized carbons (Fsp3) is 0.300. The fourth-order valence-electron chi connectivity index (χ4n) is 1.72. The van der Waals surface area contributed by atoms with Crippen LogP contribution >= 0.6 is 22.6 Å². The Morgan fingerprint density at radius 1 is 1.46 bits per heavy atom. The first-order chi connectivity index (χ1) is 6.11. The van der Waals surface area contributed by atoms with E-state index >= 15 is 0 Å². The number of nitrogens with zero attached hydrogens (tertiary/aromatic N) is 1. The first-order valence-electron chi connectivity index (χ1n) is 4.18. The zero-order valence-corrected chi connectivity index (χ0v) is 9.70. The summed E-state index contributed by atoms with van der Waals surface area (Å²) in [5, 5.41) is 0. The third-order valence-electron chi connectivity index (χ3n) is 2.52. The van der Waals surface area contributed by atoms with Crippen LogP contribution in [0.15, 0.2) is 18.2 Å². The van der Waals surface area contributed by atoms with Gasteiger partial charge in [0.1, 0.15) is 0 Å². The zero-order chi connectivity index (χ0) is 9.59. The molecule has 0 saturated carbocycles. The highest BCUT2D eigenvalue weighted by atomic mass is 127. The van der Waals surface area contributed by atoms with Crippen molar-refractivity contribution in [2.45, 2.75) is 12.8 Å². The molecule has 1 amide bonds. The van der Waals surface area contributed by atoms with Gasteiger partial charge in [-0.15, -0.1) is 0 Å². The van der Waals surface area contributed by atoms with Crippen molar-refractivity contribution in [2.75, 3.05) is 11.9 Å². The van der Waals surface area contributed by atoms with E-state index in [9.17, 15) is 4.79 Å². The minimum Gasteiger partial charge on any atom is -0.315 e. The van der Waals surface area contributed by atoms with Crippen LogP contribution in [0.5, 0.6) is 0 Å². The molecule has 3 heteroatoms. The van der Waals surface area contributed by atoms with Gasteiger partial charge in [0.2, 0.25) is 5.91 Å². The zero-order valence-electron chi connectivity index (χ0n) is 7.54. The molecule has 0 saturated heterocycles. The average molecular weight is 287 g/mol. The summed E-state index contributed by atoms with van der Waals surface area (Å²) in [6.45, 7) is 1.96. The number of benzene rings is 1. The maximum atomic E-state index is 11.6. The molecule has 1 unspecified atom stereocenters. The van der Waals surface area contributed by atoms with Gasteiger partial charge in [0.05, 0.1) is 5.92 Å². The maximum absolute atomic E-state index is 11.6. The molecule has 1 aromatic rings. The lowest BCUT2D eigenvalue weighted by Gasteiger charge is -2.09. The summed E-state index contributed by atoms with van der Waals surface area (Å²) >= 11 is 2.27. The number of halogens is 1. The summed E-state index contributed by atoms with van der Waals surface area (Å²) in [5.74, 6) is 0.215. The predicted molar refractivity (Wildman–Crippen MR) is 61.0 cm³/mol. The molecular weight excluding hydrogens is 277 g/mol. The molecule has 2 rings (SSSR count). The lowest BCUT2D eigenvalue weighted by atomic mass is 10.0. The monoisotopic (exact) mass is 287 g/mol. The van der Waals surface area contributed by atoms with E-state index in [1.165, 1.54) is 3.57 Å². The van der Waals surface area contributed by atoms with Crippen LogP contribution in [0.4, 0.5) is 5.69 Å². The molecule has 1 heterocycles. The number of likely N-dealkylation sites (N-methyl/N-ethyl adjacent to an activating group) is 1. The number of carbonyl (C=O) groups excluding carboxylic acids is 1. The Kier molecular flexibility index (Phi) is 2.06. The maximum Gasteiger partial charge on any atom is 0.234 e. The van der Waals surface area contributed by atoms with Gasteiger partial charge in [-0.25, -0.2) is 0 Å². The third kappa shape index (κ3) is 1.25. The second-order valence-electron chi connectivity index (χ2n) is 3.32. The standard InChI is InChI=1S/C10H10INO/c1-6-8-5-7(11)3-4-9(8)12(2)10(6)13/h3-6H,1-2H3. The van der Waals surface area contributed by atoms with Crippen LogP contribution in [0.1, 0.15) is 18.4 Å². The van der Waals surface area contributed by atoms with Gasteiger partial charge in [0, 0.05) is 16.3 Å². The van der Waals surface area contributed by atoms with Gasteiger partial charge in [-0.2, -0.15) is 0 Å². The van der Waals surface area contributed by atoms with Crippen molar-refractivity contribution in [1.82, 2.24) is 0 Å². The summed E-state index contributed by atoms with van der Waals surface area (Å²) < 4.78 is 1.19. The van der Waals surface area contributed by atoms with Crippen LogP contribution in [-0.2, 0) is 4.79 Å². The van der Waals surface area contributed by atoms with Gasteiger partial charge in [0.25, 0.3) is 0 Å². The molecule has 1 atom stereocenters. The Balaban J connectivity index is 2.60. The van der Waals surface area contributed by atoms with Crippen LogP contribution in [0, 0.1) is 3.57 Å². The van der Waals surface area contributed by atoms with Gasteiger partial charge in [-0.3, -0.25) is 4.79 Å². The number of hydrogen-bond donors (Lipinski definition) is 0. The lowest BCUT2D eigenvalue weighted by Crippen LogP contribution is -2.22. The van der Waals surface area contributed by atoms with Gasteiger partial charge in [0.15, 0.2) is 0 Å². The quantitative estimate of drug-likeness (QED) is 0.671. The topological polar surface area (TPSA) is 20.3 Å². The van der Waals surface area contributed by atoms with Crippen molar-refractivity contribution in [2.24, 2.45) is 0 Å². The van der Waals surface area contributed by atoms with E-state index in [4.69, 9.17) is 0 Å². The van der Waals surface area contributed by atoms with Crippen molar-refractivity contribution >= 4 is 34.2 Å². The number of anilines is 1. The molecule has 0 spiro atoms. The molecule has 13 heavy (non-hydrogen) atoms. The second-order valence-corrected chi connectivity index (χ2v) is 4.57. The molecule has 0 N–H and O–H groups in total. The summed E-state index contributed by atoms with van der Waals surface area (Å²) in [6.07, 6.45) is 0. The largest absolute Gasteiger partial charge is 0.315 e. The molecule has 68 valence electrons. The number of hydrogen-bond acceptors (Lipinski definition) is 1. The van der Waals surface area contributed by atoms with Crippen LogP contribution < -0.4 is 4.90 Å². The molecular formula is C10H10INO. The van der Waals surface area contributed by atoms with Gasteiger partial charge in [-0.1, -0.05) is 0 Å². The Labute approximate surface area is 91.1 Å². The molecule has 0 radical (unpaired) electrons. The number of amides is 1. The SMILES string of the molecule is CC1C(=O)N(C)c2ccc(I)cc21. The van der Waals surface area contributed by atoms with Crippen LogP contribution in [-0.4, -0.2) is 13.0 Å². The normalized spacial score (nSPS) is 20.7. The Morgan fingerprint density at radius 2 is 2.15 bits per heavy atom. The fourth-order valence-corrected chi connectivity index (χ4v) is 2.24. The molecule has 2 nitrogen and oxygen atoms in total. The smallest absolute Gasteiger partial charge is 0.234 e. The van der Waals surface area contributed by atoms with E-state index in [0.29, 0.717) is 0 Å². The van der Waals surface area contributed by atoms with E-state index in [2.05, 4.69) is 28.7 Å². The number of rotatable bonds is 0. The van der Waals surface area contributed by atoms with E-state index < -0.39 is 0 Å². The van der Waals surface area contributed by atoms with Crippen molar-refractivity contribution in [3.8, 4) is 0 Å². The minimum absolute atomic E-state index is 0.0229. The number of carbonyl (C=O) groups is 1. The van der Waals surface area contributed by atoms with Crippen LogP contribution in [0.3, 0.4) is 0 Å². The summed E-state index contributed by atoms with van der Waals surface area (Å²) in [7, 11) is 1.83. The van der Waals surface area contributed by atoms with Crippen molar-refractivity contribution in [3.63, 3.8) is 0 Å². The highest BCUT2D eigenvalue weighted by molar-refractivity contribution is 14.1. The molecule has 1 aliphatic heterocycles. The Morgan fingerprint density at radius 3 is 2.85 bits per heavy atom. The Hall–Kier alpha value is -0.580. The van der Waals surface area contributed by atoms with E-state index in [1.54, 1.807) is 4.90 Å². The summed E-state index contributed by atoms with van der Waals surface area (Å²) in [6, 6.07) is 6.13. The minimum atomic E-state index is 0.0229. The molecule has 0 aromatic heterocycles. The van der Waals surface area contributed by atoms with Crippen molar-refractivity contribution in [3.05, 3.63) is 27.3 Å². The van der Waals surface area contributed by atoms with E-state index in [0.717, 1.165) is 11.3 Å². The summed E-state index contributed by atoms with van der Waals surface area (Å²) in [5.41, 5.74) is 2.21. The molecule has 0 bridgehead atoms. The molecule has 0 aliphatic carbocycles. The summed E-state index contributed by atoms with van der Waals surface area (Å²) in [4.78, 5) is 13.3. The first kappa shape index (κ1) is 8.99. The lowest BCUT2D eigenvalue weighted by molar-refractivity contribution is -0.118. The van der Waals surface area contributed by atoms with Crippen LogP contribution in [0.2, 0.25) is 0 Å². The highest BCUT2D eigenvalue weighted by Crippen LogP contribution is 2.36. The van der Waals surface area contributed by atoms with Gasteiger partial charge < -0.3 is 4.90 Å². The average Bonchev–Trinajstić information content (AvgIpc) is 2.32. The van der Waals surface area contributed by atoms with Gasteiger partial charge in [-0.05, 0) is 53.3 Å².